The maximum Gasteiger partial charge on any atom is 0.143 e. The van der Waals surface area contributed by atoms with Crippen LogP contribution < -0.4 is 5.32 Å². The van der Waals surface area contributed by atoms with E-state index in [1.54, 1.807) is 6.07 Å². The Hall–Kier alpha value is -1.56. The van der Waals surface area contributed by atoms with Crippen LogP contribution in [0.3, 0.4) is 0 Å². The number of benzene rings is 1. The van der Waals surface area contributed by atoms with Crippen LogP contribution in [0.2, 0.25) is 0 Å². The second-order valence-electron chi connectivity index (χ2n) is 5.65. The molecule has 1 fully saturated rings. The number of hydrogen-bond acceptors (Lipinski definition) is 2. The molecule has 0 aliphatic heterocycles. The number of nitriles is 1. The van der Waals surface area contributed by atoms with E-state index >= 15 is 0 Å². The molecule has 3 heteroatoms. The van der Waals surface area contributed by atoms with Gasteiger partial charge in [0.25, 0.3) is 0 Å². The predicted molar refractivity (Wildman–Crippen MR) is 75.3 cm³/mol. The van der Waals surface area contributed by atoms with Gasteiger partial charge in [0.1, 0.15) is 11.9 Å². The van der Waals surface area contributed by atoms with Crippen molar-refractivity contribution >= 4 is 5.69 Å². The Balaban J connectivity index is 1.77. The maximum atomic E-state index is 13.4. The monoisotopic (exact) mass is 260 g/mol. The number of nitrogens with one attached hydrogen (secondary N) is 1. The van der Waals surface area contributed by atoms with Crippen molar-refractivity contribution in [2.24, 2.45) is 11.8 Å². The molecule has 19 heavy (non-hydrogen) atoms. The highest BCUT2D eigenvalue weighted by molar-refractivity contribution is 5.48. The largest absolute Gasteiger partial charge is 0.385 e. The van der Waals surface area contributed by atoms with E-state index in [2.05, 4.69) is 12.2 Å². The van der Waals surface area contributed by atoms with Gasteiger partial charge in [0, 0.05) is 12.2 Å². The summed E-state index contributed by atoms with van der Waals surface area (Å²) >= 11 is 0. The van der Waals surface area contributed by atoms with Gasteiger partial charge in [0.2, 0.25) is 0 Å². The quantitative estimate of drug-likeness (QED) is 0.874. The van der Waals surface area contributed by atoms with Gasteiger partial charge in [-0.3, -0.25) is 0 Å². The van der Waals surface area contributed by atoms with Gasteiger partial charge in [0.05, 0.1) is 5.56 Å². The summed E-state index contributed by atoms with van der Waals surface area (Å²) in [6.45, 7) is 3.21. The lowest BCUT2D eigenvalue weighted by Crippen LogP contribution is -2.15. The third-order valence-corrected chi connectivity index (χ3v) is 4.11. The van der Waals surface area contributed by atoms with Crippen molar-refractivity contribution in [3.63, 3.8) is 0 Å². The first-order valence-corrected chi connectivity index (χ1v) is 7.12. The normalized spacial score (nSPS) is 22.8. The smallest absolute Gasteiger partial charge is 0.143 e. The van der Waals surface area contributed by atoms with Crippen molar-refractivity contribution in [3.05, 3.63) is 29.6 Å². The van der Waals surface area contributed by atoms with E-state index in [1.165, 1.54) is 37.8 Å². The van der Waals surface area contributed by atoms with E-state index in [4.69, 9.17) is 5.26 Å². The summed E-state index contributed by atoms with van der Waals surface area (Å²) in [4.78, 5) is 0. The first kappa shape index (κ1) is 13.9. The van der Waals surface area contributed by atoms with Crippen molar-refractivity contribution in [1.29, 1.82) is 5.26 Å². The predicted octanol–water partition coefficient (Wildman–Crippen LogP) is 4.33. The fourth-order valence-corrected chi connectivity index (χ4v) is 2.75. The maximum absolute atomic E-state index is 13.4. The molecule has 2 nitrogen and oxygen atoms in total. The number of anilines is 1. The second-order valence-corrected chi connectivity index (χ2v) is 5.65. The zero-order chi connectivity index (χ0) is 13.7. The number of halogens is 1. The first-order chi connectivity index (χ1) is 9.19. The lowest BCUT2D eigenvalue weighted by atomic mass is 9.81. The summed E-state index contributed by atoms with van der Waals surface area (Å²) in [6.07, 6.45) is 6.48. The fourth-order valence-electron chi connectivity index (χ4n) is 2.75. The molecule has 102 valence electrons. The lowest BCUT2D eigenvalue weighted by Gasteiger charge is -2.26. The van der Waals surface area contributed by atoms with Crippen LogP contribution in [-0.2, 0) is 0 Å². The van der Waals surface area contributed by atoms with Gasteiger partial charge in [-0.1, -0.05) is 32.6 Å². The van der Waals surface area contributed by atoms with E-state index in [0.717, 1.165) is 30.5 Å². The zero-order valence-electron chi connectivity index (χ0n) is 11.5. The molecule has 0 unspecified atom stereocenters. The van der Waals surface area contributed by atoms with Crippen molar-refractivity contribution < 1.29 is 4.39 Å². The third kappa shape index (κ3) is 3.96. The zero-order valence-corrected chi connectivity index (χ0v) is 11.5. The number of hydrogen-bond donors (Lipinski definition) is 1. The van der Waals surface area contributed by atoms with Gasteiger partial charge < -0.3 is 5.32 Å². The molecule has 0 radical (unpaired) electrons. The number of nitrogens with zero attached hydrogens (tertiary/aromatic N) is 1. The molecule has 1 N–H and O–H groups in total. The van der Waals surface area contributed by atoms with Gasteiger partial charge in [-0.25, -0.2) is 4.39 Å². The Morgan fingerprint density at radius 1 is 1.32 bits per heavy atom. The molecule has 0 atom stereocenters. The molecule has 0 bridgehead atoms. The van der Waals surface area contributed by atoms with Crippen LogP contribution in [0.15, 0.2) is 18.2 Å². The average Bonchev–Trinajstić information content (AvgIpc) is 2.41. The summed E-state index contributed by atoms with van der Waals surface area (Å²) < 4.78 is 13.4. The molecule has 1 aliphatic carbocycles. The summed E-state index contributed by atoms with van der Waals surface area (Å²) in [5.74, 6) is 1.25. The minimum absolute atomic E-state index is 0.104. The Bertz CT molecular complexity index is 456. The summed E-state index contributed by atoms with van der Waals surface area (Å²) in [5, 5.41) is 11.9. The van der Waals surface area contributed by atoms with E-state index in [-0.39, 0.29) is 5.56 Å². The van der Waals surface area contributed by atoms with Crippen LogP contribution in [0, 0.1) is 29.0 Å². The number of rotatable bonds is 4. The highest BCUT2D eigenvalue weighted by atomic mass is 19.1. The van der Waals surface area contributed by atoms with Crippen molar-refractivity contribution in [2.75, 3.05) is 11.9 Å². The molecule has 0 saturated heterocycles. The first-order valence-electron chi connectivity index (χ1n) is 7.12. The van der Waals surface area contributed by atoms with Crippen molar-refractivity contribution in [1.82, 2.24) is 0 Å². The summed E-state index contributed by atoms with van der Waals surface area (Å²) in [5.41, 5.74) is 0.868. The van der Waals surface area contributed by atoms with Crippen LogP contribution >= 0.6 is 0 Å². The average molecular weight is 260 g/mol. The van der Waals surface area contributed by atoms with Crippen LogP contribution in [0.4, 0.5) is 10.1 Å². The minimum Gasteiger partial charge on any atom is -0.385 e. The highest BCUT2D eigenvalue weighted by Crippen LogP contribution is 2.30. The van der Waals surface area contributed by atoms with E-state index in [9.17, 15) is 4.39 Å². The Labute approximate surface area is 114 Å². The molecule has 1 aromatic carbocycles. The molecule has 1 saturated carbocycles. The molecular formula is C16H21FN2. The molecule has 0 aromatic heterocycles. The Morgan fingerprint density at radius 3 is 2.68 bits per heavy atom. The Morgan fingerprint density at radius 2 is 2.05 bits per heavy atom. The summed E-state index contributed by atoms with van der Waals surface area (Å²) in [7, 11) is 0. The topological polar surface area (TPSA) is 35.8 Å². The van der Waals surface area contributed by atoms with Gasteiger partial charge in [-0.05, 0) is 36.5 Å². The third-order valence-electron chi connectivity index (χ3n) is 4.11. The molecule has 2 rings (SSSR count). The van der Waals surface area contributed by atoms with Gasteiger partial charge in [0.15, 0.2) is 0 Å². The molecule has 0 heterocycles. The molecule has 0 amide bonds. The van der Waals surface area contributed by atoms with E-state index in [1.807, 2.05) is 6.07 Å². The fraction of sp³-hybridized carbons (Fsp3) is 0.562. The van der Waals surface area contributed by atoms with E-state index in [0.29, 0.717) is 0 Å². The SMILES string of the molecule is CC1CCC(CCNc2ccc(C#N)c(F)c2)CC1. The van der Waals surface area contributed by atoms with Gasteiger partial charge in [-0.2, -0.15) is 5.26 Å². The summed E-state index contributed by atoms with van der Waals surface area (Å²) in [6, 6.07) is 6.53. The van der Waals surface area contributed by atoms with Crippen molar-refractivity contribution in [2.45, 2.75) is 39.0 Å². The standard InChI is InChI=1S/C16H21FN2/c1-12-2-4-13(5-3-12)8-9-19-15-7-6-14(11-18)16(17)10-15/h6-7,10,12-13,19H,2-5,8-9H2,1H3. The lowest BCUT2D eigenvalue weighted by molar-refractivity contribution is 0.282. The Kier molecular flexibility index (Phi) is 4.79. The van der Waals surface area contributed by atoms with Crippen molar-refractivity contribution in [3.8, 4) is 6.07 Å². The van der Waals surface area contributed by atoms with Crippen LogP contribution in [0.25, 0.3) is 0 Å². The van der Waals surface area contributed by atoms with Gasteiger partial charge >= 0.3 is 0 Å². The van der Waals surface area contributed by atoms with Crippen LogP contribution in [-0.4, -0.2) is 6.54 Å². The van der Waals surface area contributed by atoms with Crippen LogP contribution in [0.5, 0.6) is 0 Å². The van der Waals surface area contributed by atoms with E-state index < -0.39 is 5.82 Å². The molecule has 0 spiro atoms. The van der Waals surface area contributed by atoms with Gasteiger partial charge in [-0.15, -0.1) is 0 Å². The highest BCUT2D eigenvalue weighted by Gasteiger charge is 2.17. The molecule has 1 aliphatic rings. The minimum atomic E-state index is -0.445. The molecule has 1 aromatic rings. The van der Waals surface area contributed by atoms with Crippen LogP contribution in [0.1, 0.15) is 44.6 Å². The second kappa shape index (κ2) is 6.56. The molecular weight excluding hydrogens is 239 g/mol.